The maximum atomic E-state index is 10.4. The molecule has 446 valence electrons. The van der Waals surface area contributed by atoms with Gasteiger partial charge in [0.05, 0.1) is 40.6 Å². The van der Waals surface area contributed by atoms with Crippen LogP contribution in [0, 0.1) is 23.7 Å². The first-order valence-electron chi connectivity index (χ1n) is 27.7. The maximum absolute atomic E-state index is 10.4. The second-order valence-corrected chi connectivity index (χ2v) is 25.0. The number of rotatable bonds is 0. The maximum Gasteiger partial charge on any atom is 0.317 e. The molecule has 0 radical (unpaired) electrons. The number of nitrogens with one attached hydrogen (secondary N) is 4. The zero-order valence-corrected chi connectivity index (χ0v) is 52.4. The molecule has 20 nitrogen and oxygen atoms in total. The number of ketones is 2. The summed E-state index contributed by atoms with van der Waals surface area (Å²) in [5.41, 5.74) is 3.43. The average Bonchev–Trinajstić information content (AvgIpc) is 4.21. The Morgan fingerprint density at radius 2 is 1.47 bits per heavy atom. The minimum absolute atomic E-state index is 0.00231. The van der Waals surface area contributed by atoms with E-state index in [0.29, 0.717) is 29.0 Å². The van der Waals surface area contributed by atoms with Crippen molar-refractivity contribution in [3.63, 3.8) is 0 Å². The minimum atomic E-state index is -0.167. The first-order chi connectivity index (χ1) is 37.2. The molecule has 0 bridgehead atoms. The van der Waals surface area contributed by atoms with E-state index in [2.05, 4.69) is 121 Å². The van der Waals surface area contributed by atoms with Gasteiger partial charge in [-0.25, -0.2) is 19.6 Å². The number of thioether (sulfide) groups is 3. The van der Waals surface area contributed by atoms with Crippen LogP contribution in [0.15, 0.2) is 24.6 Å². The molecule has 0 aromatic heterocycles. The molecule has 24 heteroatoms. The lowest BCUT2D eigenvalue weighted by Gasteiger charge is -2.01. The summed E-state index contributed by atoms with van der Waals surface area (Å²) in [7, 11) is 3.95. The fraction of sp³-hybridized carbons (Fsp3) is 0.796. The zero-order valence-electron chi connectivity index (χ0n) is 49.1. The summed E-state index contributed by atoms with van der Waals surface area (Å²) in [5, 5.41) is 17.1. The third-order valence-corrected chi connectivity index (χ3v) is 16.7. The summed E-state index contributed by atoms with van der Waals surface area (Å²) in [6.45, 7) is 29.8. The third-order valence-electron chi connectivity index (χ3n) is 12.4. The molecule has 5 amide bonds. The van der Waals surface area contributed by atoms with Crippen molar-refractivity contribution < 1.29 is 43.1 Å². The van der Waals surface area contributed by atoms with Gasteiger partial charge in [0, 0.05) is 51.4 Å². The van der Waals surface area contributed by atoms with Crippen molar-refractivity contribution in [2.45, 2.75) is 144 Å². The Kier molecular flexibility index (Phi) is 42.1. The van der Waals surface area contributed by atoms with E-state index in [1.807, 2.05) is 6.92 Å². The highest BCUT2D eigenvalue weighted by Gasteiger charge is 2.16. The number of likely N-dealkylation sites (N-methyl/N-ethyl adjacent to an activating group) is 1. The second kappa shape index (κ2) is 45.2. The number of carbonyl (C=O) groups is 6. The summed E-state index contributed by atoms with van der Waals surface area (Å²) in [6, 6.07) is -0.125. The normalized spacial score (nSPS) is 27.4. The quantitative estimate of drug-likeness (QED) is 0.172. The predicted molar refractivity (Wildman–Crippen MR) is 328 cm³/mol. The first kappa shape index (κ1) is 72.6. The van der Waals surface area contributed by atoms with Crippen molar-refractivity contribution in [1.29, 1.82) is 0 Å². The molecule has 0 aliphatic carbocycles. The average molecular weight is 1170 g/mol. The van der Waals surface area contributed by atoms with Gasteiger partial charge in [0.1, 0.15) is 11.8 Å². The van der Waals surface area contributed by atoms with Gasteiger partial charge in [-0.2, -0.15) is 28.6 Å². The zero-order chi connectivity index (χ0) is 58.1. The summed E-state index contributed by atoms with van der Waals surface area (Å²) in [6.07, 6.45) is 15.9. The molecule has 7 fully saturated rings. The van der Waals surface area contributed by atoms with Crippen molar-refractivity contribution >= 4 is 112 Å². The number of carbonyl (C=O) groups excluding carboxylic acids is 6. The van der Waals surface area contributed by atoms with Gasteiger partial charge >= 0.3 is 6.03 Å². The van der Waals surface area contributed by atoms with Crippen LogP contribution in [0.3, 0.4) is 0 Å². The number of urea groups is 1. The smallest absolute Gasteiger partial charge is 0.317 e. The molecule has 12 aliphatic heterocycles. The van der Waals surface area contributed by atoms with E-state index in [-0.39, 0.29) is 53.9 Å². The van der Waals surface area contributed by atoms with Gasteiger partial charge < -0.3 is 40.1 Å². The van der Waals surface area contributed by atoms with Gasteiger partial charge in [0.15, 0.2) is 12.4 Å². The van der Waals surface area contributed by atoms with E-state index in [0.717, 1.165) is 61.0 Å². The lowest BCUT2D eigenvalue weighted by Crippen LogP contribution is -2.23. The molecule has 0 aromatic carbocycles. The van der Waals surface area contributed by atoms with Crippen LogP contribution < -0.4 is 21.4 Å². The van der Waals surface area contributed by atoms with E-state index in [1.54, 1.807) is 45.9 Å². The number of hydrogen-bond acceptors (Lipinski definition) is 19. The Bertz CT molecular complexity index is 1710. The van der Waals surface area contributed by atoms with Gasteiger partial charge in [-0.15, -0.1) is 11.8 Å². The van der Waals surface area contributed by atoms with Crippen LogP contribution in [-0.4, -0.2) is 200 Å². The van der Waals surface area contributed by atoms with Crippen LogP contribution in [0.2, 0.25) is 0 Å². The first-order valence-corrected chi connectivity index (χ1v) is 31.8. The van der Waals surface area contributed by atoms with Crippen molar-refractivity contribution in [1.82, 2.24) is 31.2 Å². The summed E-state index contributed by atoms with van der Waals surface area (Å²) in [5.74, 6) is 8.18. The molecule has 12 rings (SSSR count). The van der Waals surface area contributed by atoms with Crippen molar-refractivity contribution in [2.75, 3.05) is 109 Å². The van der Waals surface area contributed by atoms with E-state index >= 15 is 0 Å². The highest BCUT2D eigenvalue weighted by molar-refractivity contribution is 8.14. The number of likely N-dealkylation sites (tertiary alicyclic amines) is 1. The molecular formula is C54H97N11O9S4. The minimum Gasteiger partial charge on any atom is -0.387 e. The molecule has 78 heavy (non-hydrogen) atoms. The van der Waals surface area contributed by atoms with Crippen LogP contribution in [-0.2, 0) is 38.3 Å². The number of Topliss-reactive ketones (excluding diaryl/α,β-unsaturated/α-hetero) is 2. The van der Waals surface area contributed by atoms with Gasteiger partial charge in [-0.1, -0.05) is 32.9 Å². The monoisotopic (exact) mass is 1170 g/mol. The molecule has 12 aliphatic rings. The highest BCUT2D eigenvalue weighted by Crippen LogP contribution is 2.24. The SMILES string of the molecule is CC1=NC(=O)CS1.CC1=NOCC1=O.CC1=NSCC1=O.CC1C=NNC1=O.CC1CCCO1.CC1CCCS1.CC1CCNC1.CC1CCOC1.CC1CCSC1.CC1N=CNC1=O.CN1CCCC1.CN1CCNC1=O. The standard InChI is InChI=1S/2C5H11N.2C5H10O.2C5H10S.C4H8N2O.2C4H6N2O.C4H5NO2.2C4H5NOS/c1-5-2-3-6-4-5;1-6-4-2-3-5-6;1-5-2-3-6-4-5;1-5-3-2-4-6-5;1-5-2-3-6-4-5;1-5-3-2-4-6-5;1-6-3-2-5-4(6)7;1-3-4(7)6-2-5-3;1-3-2-5-6-4(3)7;1-3-4(6)2-7-5-3;1-3-5-4(6)2-7-3;1-3-4(6)2-7-5-3/h5-6H,2-4H2,1H3;2-5H2,1H3;4*5H,2-4H2,1H3;2-3H2,1H3,(H,5,7);2-3H,1H3,(H,5,6,7);2-3H,1H3,(H,6,7);3*2H2,1H3. The molecule has 7 atom stereocenters. The molecular weight excluding hydrogens is 1070 g/mol. The van der Waals surface area contributed by atoms with Crippen LogP contribution in [0.4, 0.5) is 4.79 Å². The molecule has 4 N–H and O–H groups in total. The van der Waals surface area contributed by atoms with E-state index in [4.69, 9.17) is 9.47 Å². The topological polar surface area (TPSA) is 247 Å². The second-order valence-electron chi connectivity index (χ2n) is 20.4. The number of amides is 5. The summed E-state index contributed by atoms with van der Waals surface area (Å²) < 4.78 is 14.0. The third kappa shape index (κ3) is 39.1. The highest BCUT2D eigenvalue weighted by atomic mass is 32.2. The molecule has 7 saturated heterocycles. The van der Waals surface area contributed by atoms with E-state index < -0.39 is 0 Å². The van der Waals surface area contributed by atoms with Gasteiger partial charge in [0.2, 0.25) is 17.6 Å². The number of hydrazone groups is 1. The van der Waals surface area contributed by atoms with Gasteiger partial charge in [0.25, 0.3) is 5.91 Å². The summed E-state index contributed by atoms with van der Waals surface area (Å²) >= 11 is 7.01. The molecule has 0 spiro atoms. The van der Waals surface area contributed by atoms with Crippen LogP contribution >= 0.6 is 47.2 Å². The van der Waals surface area contributed by atoms with E-state index in [9.17, 15) is 28.8 Å². The fourth-order valence-corrected chi connectivity index (χ4v) is 10.5. The Morgan fingerprint density at radius 3 is 1.63 bits per heavy atom. The Balaban J connectivity index is 0.000000426. The number of aliphatic imine (C=N–C) groups is 2. The molecule has 0 saturated carbocycles. The Hall–Kier alpha value is -3.39. The van der Waals surface area contributed by atoms with Crippen molar-refractivity contribution in [3.8, 4) is 0 Å². The molecule has 12 heterocycles. The number of oxime groups is 1. The van der Waals surface area contributed by atoms with Crippen LogP contribution in [0.5, 0.6) is 0 Å². The number of ether oxygens (including phenoxy) is 2. The predicted octanol–water partition coefficient (Wildman–Crippen LogP) is 7.45. The van der Waals surface area contributed by atoms with Crippen LogP contribution in [0.1, 0.15) is 127 Å². The number of hydrogen-bond donors (Lipinski definition) is 4. The number of nitrogens with zero attached hydrogens (tertiary/aromatic N) is 7. The van der Waals surface area contributed by atoms with E-state index in [1.165, 1.54) is 131 Å². The molecule has 7 unspecified atom stereocenters. The van der Waals surface area contributed by atoms with Crippen molar-refractivity contribution in [2.24, 2.45) is 48.3 Å². The van der Waals surface area contributed by atoms with Gasteiger partial charge in [-0.3, -0.25) is 29.0 Å². The fourth-order valence-electron chi connectivity index (χ4n) is 6.90. The largest absolute Gasteiger partial charge is 0.387 e. The van der Waals surface area contributed by atoms with Crippen LogP contribution in [0.25, 0.3) is 0 Å². The lowest BCUT2D eigenvalue weighted by molar-refractivity contribution is -0.122. The lowest BCUT2D eigenvalue weighted by atomic mass is 10.2. The van der Waals surface area contributed by atoms with Gasteiger partial charge in [-0.05, 0) is 180 Å². The Morgan fingerprint density at radius 1 is 0.731 bits per heavy atom. The van der Waals surface area contributed by atoms with Crippen molar-refractivity contribution in [3.05, 3.63) is 0 Å². The Labute approximate surface area is 484 Å². The summed E-state index contributed by atoms with van der Waals surface area (Å²) in [4.78, 5) is 77.8. The molecule has 0 aromatic rings.